The predicted molar refractivity (Wildman–Crippen MR) is 110 cm³/mol. The molecule has 1 N–H and O–H groups in total. The molecule has 8 heteroatoms. The van der Waals surface area contributed by atoms with Crippen molar-refractivity contribution in [3.05, 3.63) is 35.4 Å². The van der Waals surface area contributed by atoms with Gasteiger partial charge in [0.1, 0.15) is 5.75 Å². The van der Waals surface area contributed by atoms with Crippen LogP contribution in [0.1, 0.15) is 5.56 Å². The Labute approximate surface area is 170 Å². The number of methoxy groups -OCH3 is 1. The quantitative estimate of drug-likeness (QED) is 0.727. The average Bonchev–Trinajstić information content (AvgIpc) is 2.67. The van der Waals surface area contributed by atoms with Gasteiger partial charge in [-0.15, -0.1) is 0 Å². The molecule has 0 spiro atoms. The van der Waals surface area contributed by atoms with E-state index in [4.69, 9.17) is 16.3 Å². The van der Waals surface area contributed by atoms with Crippen LogP contribution in [0.3, 0.4) is 0 Å². The highest BCUT2D eigenvalue weighted by atomic mass is 35.5. The maximum Gasteiger partial charge on any atom is 0.246 e. The van der Waals surface area contributed by atoms with Gasteiger partial charge in [-0.3, -0.25) is 14.5 Å². The lowest BCUT2D eigenvalue weighted by Crippen LogP contribution is -2.64. The Morgan fingerprint density at radius 2 is 1.93 bits per heavy atom. The van der Waals surface area contributed by atoms with Crippen LogP contribution in [0.25, 0.3) is 0 Å². The van der Waals surface area contributed by atoms with Gasteiger partial charge in [0.15, 0.2) is 0 Å². The van der Waals surface area contributed by atoms with Crippen molar-refractivity contribution in [2.75, 3.05) is 58.2 Å². The summed E-state index contributed by atoms with van der Waals surface area (Å²) in [4.78, 5) is 30.2. The van der Waals surface area contributed by atoms with Gasteiger partial charge in [0.05, 0.1) is 19.3 Å². The summed E-state index contributed by atoms with van der Waals surface area (Å²) in [6.45, 7) is 10.2. The monoisotopic (exact) mass is 406 g/mol. The number of aryl methyl sites for hydroxylation is 1. The predicted octanol–water partition coefficient (Wildman–Crippen LogP) is 1.61. The lowest BCUT2D eigenvalue weighted by molar-refractivity contribution is -0.135. The molecule has 1 aromatic carbocycles. The number of benzene rings is 1. The number of ether oxygens (including phenoxy) is 1. The standard InChI is InChI=1S/C20H27ClN4O3/c1-4-19(26)25-12-15(13-25)23-5-7-24(8-6-23)20(27)11-22-17-9-14(2)16(21)10-18(17)28-3/h4,9-10,15,22H,1,5-8,11-13H2,2-3H3. The van der Waals surface area contributed by atoms with Crippen molar-refractivity contribution in [2.45, 2.75) is 13.0 Å². The third kappa shape index (κ3) is 4.42. The molecule has 0 bridgehead atoms. The summed E-state index contributed by atoms with van der Waals surface area (Å²) < 4.78 is 5.34. The summed E-state index contributed by atoms with van der Waals surface area (Å²) in [5, 5.41) is 3.80. The van der Waals surface area contributed by atoms with Crippen molar-refractivity contribution in [2.24, 2.45) is 0 Å². The number of hydrogen-bond acceptors (Lipinski definition) is 5. The van der Waals surface area contributed by atoms with Gasteiger partial charge in [-0.05, 0) is 24.6 Å². The summed E-state index contributed by atoms with van der Waals surface area (Å²) in [6.07, 6.45) is 1.36. The molecule has 0 atom stereocenters. The van der Waals surface area contributed by atoms with Crippen molar-refractivity contribution >= 4 is 29.1 Å². The van der Waals surface area contributed by atoms with Crippen LogP contribution < -0.4 is 10.1 Å². The van der Waals surface area contributed by atoms with Gasteiger partial charge in [-0.1, -0.05) is 18.2 Å². The van der Waals surface area contributed by atoms with E-state index in [1.807, 2.05) is 17.9 Å². The third-order valence-corrected chi connectivity index (χ3v) is 5.85. The van der Waals surface area contributed by atoms with Gasteiger partial charge in [0.25, 0.3) is 0 Å². The molecule has 0 aliphatic carbocycles. The first-order chi connectivity index (χ1) is 13.4. The summed E-state index contributed by atoms with van der Waals surface area (Å²) >= 11 is 6.13. The second-order valence-corrected chi connectivity index (χ2v) is 7.58. The summed E-state index contributed by atoms with van der Waals surface area (Å²) in [7, 11) is 1.58. The maximum absolute atomic E-state index is 12.6. The van der Waals surface area contributed by atoms with Gasteiger partial charge < -0.3 is 19.9 Å². The Balaban J connectivity index is 1.45. The van der Waals surface area contributed by atoms with Crippen molar-refractivity contribution in [3.63, 3.8) is 0 Å². The molecule has 2 heterocycles. The average molecular weight is 407 g/mol. The molecular weight excluding hydrogens is 380 g/mol. The fraction of sp³-hybridized carbons (Fsp3) is 0.500. The van der Waals surface area contributed by atoms with E-state index in [0.29, 0.717) is 29.9 Å². The molecule has 1 aromatic rings. The number of piperazine rings is 1. The molecule has 2 fully saturated rings. The molecule has 7 nitrogen and oxygen atoms in total. The zero-order valence-corrected chi connectivity index (χ0v) is 17.2. The number of carbonyl (C=O) groups excluding carboxylic acids is 2. The molecule has 28 heavy (non-hydrogen) atoms. The van der Waals surface area contributed by atoms with Gasteiger partial charge >= 0.3 is 0 Å². The molecule has 2 aliphatic rings. The first-order valence-electron chi connectivity index (χ1n) is 9.44. The zero-order valence-electron chi connectivity index (χ0n) is 16.4. The van der Waals surface area contributed by atoms with Crippen LogP contribution in [0.5, 0.6) is 5.75 Å². The summed E-state index contributed by atoms with van der Waals surface area (Å²) in [5.74, 6) is 0.673. The maximum atomic E-state index is 12.6. The fourth-order valence-electron chi connectivity index (χ4n) is 3.58. The molecule has 0 radical (unpaired) electrons. The number of nitrogens with one attached hydrogen (secondary N) is 1. The van der Waals surface area contributed by atoms with Gasteiger partial charge in [-0.2, -0.15) is 0 Å². The second-order valence-electron chi connectivity index (χ2n) is 7.17. The van der Waals surface area contributed by atoms with Crippen molar-refractivity contribution < 1.29 is 14.3 Å². The molecule has 2 aliphatic heterocycles. The van der Waals surface area contributed by atoms with Crippen molar-refractivity contribution in [3.8, 4) is 5.75 Å². The summed E-state index contributed by atoms with van der Waals surface area (Å²) in [5.41, 5.74) is 1.69. The number of halogens is 1. The Bertz CT molecular complexity index is 756. The highest BCUT2D eigenvalue weighted by Crippen LogP contribution is 2.30. The van der Waals surface area contributed by atoms with E-state index in [1.54, 1.807) is 18.1 Å². The van der Waals surface area contributed by atoms with E-state index in [-0.39, 0.29) is 18.4 Å². The van der Waals surface area contributed by atoms with Crippen LogP contribution in [0, 0.1) is 6.92 Å². The van der Waals surface area contributed by atoms with Crippen LogP contribution in [0.2, 0.25) is 5.02 Å². The van der Waals surface area contributed by atoms with Crippen LogP contribution in [0.15, 0.2) is 24.8 Å². The fourth-order valence-corrected chi connectivity index (χ4v) is 3.74. The zero-order chi connectivity index (χ0) is 20.3. The molecule has 0 saturated carbocycles. The van der Waals surface area contributed by atoms with Crippen molar-refractivity contribution in [1.82, 2.24) is 14.7 Å². The van der Waals surface area contributed by atoms with Gasteiger partial charge in [-0.25, -0.2) is 0 Å². The molecule has 0 aromatic heterocycles. The van der Waals surface area contributed by atoms with Gasteiger partial charge in [0.2, 0.25) is 11.8 Å². The molecular formula is C20H27ClN4O3. The number of hydrogen-bond donors (Lipinski definition) is 1. The number of nitrogens with zero attached hydrogens (tertiary/aromatic N) is 3. The van der Waals surface area contributed by atoms with Gasteiger partial charge in [0, 0.05) is 56.4 Å². The Hall–Kier alpha value is -2.25. The summed E-state index contributed by atoms with van der Waals surface area (Å²) in [6, 6.07) is 4.03. The Morgan fingerprint density at radius 3 is 2.54 bits per heavy atom. The second kappa shape index (κ2) is 8.84. The van der Waals surface area contributed by atoms with E-state index in [0.717, 1.165) is 37.4 Å². The van der Waals surface area contributed by atoms with Crippen molar-refractivity contribution in [1.29, 1.82) is 0 Å². The number of rotatable bonds is 6. The number of amides is 2. The largest absolute Gasteiger partial charge is 0.495 e. The Morgan fingerprint density at radius 1 is 1.25 bits per heavy atom. The van der Waals surface area contributed by atoms with E-state index in [2.05, 4.69) is 16.8 Å². The molecule has 2 amide bonds. The number of likely N-dealkylation sites (tertiary alicyclic amines) is 1. The normalized spacial score (nSPS) is 17.8. The highest BCUT2D eigenvalue weighted by molar-refractivity contribution is 6.31. The first-order valence-corrected chi connectivity index (χ1v) is 9.82. The number of carbonyl (C=O) groups is 2. The minimum Gasteiger partial charge on any atom is -0.495 e. The third-order valence-electron chi connectivity index (χ3n) is 5.44. The smallest absolute Gasteiger partial charge is 0.246 e. The lowest BCUT2D eigenvalue weighted by Gasteiger charge is -2.47. The lowest BCUT2D eigenvalue weighted by atomic mass is 10.1. The van der Waals surface area contributed by atoms with Crippen LogP contribution in [-0.2, 0) is 9.59 Å². The van der Waals surface area contributed by atoms with E-state index >= 15 is 0 Å². The SMILES string of the molecule is C=CC(=O)N1CC(N2CCN(C(=O)CNc3cc(C)c(Cl)cc3OC)CC2)C1. The number of anilines is 1. The van der Waals surface area contributed by atoms with E-state index in [9.17, 15) is 9.59 Å². The van der Waals surface area contributed by atoms with Crippen LogP contribution in [-0.4, -0.2) is 85.5 Å². The molecule has 3 rings (SSSR count). The van der Waals surface area contributed by atoms with E-state index in [1.165, 1.54) is 6.08 Å². The van der Waals surface area contributed by atoms with E-state index < -0.39 is 0 Å². The first kappa shape index (κ1) is 20.5. The minimum absolute atomic E-state index is 0.0102. The van der Waals surface area contributed by atoms with Crippen LogP contribution >= 0.6 is 11.6 Å². The highest BCUT2D eigenvalue weighted by Gasteiger charge is 2.35. The molecule has 152 valence electrons. The van der Waals surface area contributed by atoms with Crippen LogP contribution in [0.4, 0.5) is 5.69 Å². The molecule has 0 unspecified atom stereocenters. The Kier molecular flexibility index (Phi) is 6.46. The molecule has 2 saturated heterocycles. The topological polar surface area (TPSA) is 65.1 Å². The minimum atomic E-state index is -0.0102.